The van der Waals surface area contributed by atoms with Crippen LogP contribution in [0.25, 0.3) is 37.2 Å². The molecule has 0 amide bonds. The minimum absolute atomic E-state index is 0.0574. The van der Waals surface area contributed by atoms with Gasteiger partial charge in [0.15, 0.2) is 5.43 Å². The Bertz CT molecular complexity index is 1590. The standard InChI is InChI=1S/C24H11BrO2S/c25-18-11-10-15-19-14(18)6-3-7-16(19)21(26)20(15)24-22(27)17-9-8-12-4-1-2-5-13(12)23(17)28-24/h1-11H/b24-20-. The van der Waals surface area contributed by atoms with Gasteiger partial charge in [-0.15, -0.1) is 0 Å². The number of hydrogen-bond donors (Lipinski definition) is 0. The zero-order chi connectivity index (χ0) is 19.0. The number of halogens is 1. The molecule has 0 fully saturated rings. The number of rotatable bonds is 0. The minimum atomic E-state index is -0.0633. The van der Waals surface area contributed by atoms with Crippen molar-refractivity contribution in [2.24, 2.45) is 0 Å². The topological polar surface area (TPSA) is 34.1 Å². The zero-order valence-corrected chi connectivity index (χ0v) is 16.9. The average Bonchev–Trinajstić information content (AvgIpc) is 3.20. The Kier molecular flexibility index (Phi) is 3.29. The minimum Gasteiger partial charge on any atom is -0.289 e. The van der Waals surface area contributed by atoms with Gasteiger partial charge in [-0.2, -0.15) is 0 Å². The summed E-state index contributed by atoms with van der Waals surface area (Å²) in [4.78, 5) is 28.1. The van der Waals surface area contributed by atoms with Crippen LogP contribution in [0, 0.1) is 0 Å². The third-order valence-electron chi connectivity index (χ3n) is 5.49. The van der Waals surface area contributed by atoms with Crippen molar-refractivity contribution in [3.63, 3.8) is 0 Å². The van der Waals surface area contributed by atoms with Crippen LogP contribution in [0.2, 0.25) is 0 Å². The smallest absolute Gasteiger partial charge is 0.201 e. The summed E-state index contributed by atoms with van der Waals surface area (Å²) in [5, 5.41) is 6.14. The molecule has 0 radical (unpaired) electrons. The lowest BCUT2D eigenvalue weighted by Gasteiger charge is -2.02. The SMILES string of the molecule is O=C1/C(=c2/c(=O)c3cccc4c(Br)ccc2c43)Sc2c1ccc1ccccc21. The molecule has 0 N–H and O–H groups in total. The highest BCUT2D eigenvalue weighted by Crippen LogP contribution is 2.44. The van der Waals surface area contributed by atoms with E-state index in [0.717, 1.165) is 36.3 Å². The lowest BCUT2D eigenvalue weighted by Crippen LogP contribution is -2.23. The molecule has 132 valence electrons. The number of hydrogen-bond acceptors (Lipinski definition) is 3. The molecule has 2 nitrogen and oxygen atoms in total. The summed E-state index contributed by atoms with van der Waals surface area (Å²) in [5.74, 6) is -0.0574. The van der Waals surface area contributed by atoms with Gasteiger partial charge in [-0.25, -0.2) is 0 Å². The van der Waals surface area contributed by atoms with Gasteiger partial charge in [-0.05, 0) is 33.7 Å². The highest BCUT2D eigenvalue weighted by atomic mass is 79.9. The van der Waals surface area contributed by atoms with Crippen LogP contribution < -0.4 is 10.6 Å². The molecule has 0 atom stereocenters. The second-order valence-electron chi connectivity index (χ2n) is 6.95. The van der Waals surface area contributed by atoms with E-state index in [0.29, 0.717) is 21.1 Å². The van der Waals surface area contributed by atoms with Crippen molar-refractivity contribution in [3.8, 4) is 0 Å². The number of carbonyl (C=O) groups excluding carboxylic acids is 1. The maximum atomic E-state index is 13.3. The zero-order valence-electron chi connectivity index (χ0n) is 14.5. The first kappa shape index (κ1) is 16.3. The van der Waals surface area contributed by atoms with Crippen LogP contribution in [0.4, 0.5) is 0 Å². The predicted molar refractivity (Wildman–Crippen MR) is 119 cm³/mol. The van der Waals surface area contributed by atoms with Gasteiger partial charge in [0.25, 0.3) is 0 Å². The summed E-state index contributed by atoms with van der Waals surface area (Å²) < 4.78 is 0.951. The van der Waals surface area contributed by atoms with Crippen LogP contribution >= 0.6 is 27.7 Å². The molecule has 0 bridgehead atoms. The van der Waals surface area contributed by atoms with Crippen LogP contribution in [0.1, 0.15) is 10.4 Å². The summed E-state index contributed by atoms with van der Waals surface area (Å²) in [5.41, 5.74) is 0.620. The number of carbonyl (C=O) groups is 1. The van der Waals surface area contributed by atoms with Gasteiger partial charge in [-0.1, -0.05) is 82.3 Å². The fourth-order valence-corrected chi connectivity index (χ4v) is 5.96. The first-order chi connectivity index (χ1) is 13.6. The highest BCUT2D eigenvalue weighted by molar-refractivity contribution is 9.10. The second-order valence-corrected chi connectivity index (χ2v) is 8.83. The molecule has 0 aliphatic carbocycles. The third-order valence-corrected chi connectivity index (χ3v) is 7.42. The molecule has 1 aliphatic rings. The van der Waals surface area contributed by atoms with Gasteiger partial charge in [0.2, 0.25) is 5.78 Å². The molecular formula is C24H11BrO2S. The Morgan fingerprint density at radius 2 is 1.50 bits per heavy atom. The lowest BCUT2D eigenvalue weighted by atomic mass is 10.0. The molecule has 0 spiro atoms. The fourth-order valence-electron chi connectivity index (χ4n) is 4.22. The Hall–Kier alpha value is -2.69. The van der Waals surface area contributed by atoms with Crippen LogP contribution in [-0.2, 0) is 0 Å². The van der Waals surface area contributed by atoms with Crippen LogP contribution in [0.15, 0.2) is 80.9 Å². The van der Waals surface area contributed by atoms with Crippen molar-refractivity contribution in [1.29, 1.82) is 0 Å². The molecule has 0 aromatic heterocycles. The Balaban J connectivity index is 1.78. The number of ketones is 1. The summed E-state index contributed by atoms with van der Waals surface area (Å²) in [6.45, 7) is 0. The molecule has 28 heavy (non-hydrogen) atoms. The Morgan fingerprint density at radius 3 is 2.39 bits per heavy atom. The maximum Gasteiger partial charge on any atom is 0.201 e. The average molecular weight is 443 g/mol. The lowest BCUT2D eigenvalue weighted by molar-refractivity contribution is 0.105. The van der Waals surface area contributed by atoms with Crippen molar-refractivity contribution < 1.29 is 4.79 Å². The Labute approximate surface area is 172 Å². The molecule has 4 heteroatoms. The second kappa shape index (κ2) is 5.66. The van der Waals surface area contributed by atoms with E-state index in [1.54, 1.807) is 0 Å². The van der Waals surface area contributed by atoms with E-state index in [9.17, 15) is 9.59 Å². The van der Waals surface area contributed by atoms with Gasteiger partial charge in [0.1, 0.15) is 0 Å². The van der Waals surface area contributed by atoms with E-state index in [1.807, 2.05) is 66.7 Å². The van der Waals surface area contributed by atoms with Gasteiger partial charge >= 0.3 is 0 Å². The van der Waals surface area contributed by atoms with Crippen molar-refractivity contribution >= 4 is 70.7 Å². The maximum absolute atomic E-state index is 13.3. The first-order valence-corrected chi connectivity index (χ1v) is 10.5. The molecule has 1 heterocycles. The third kappa shape index (κ3) is 1.99. The number of Topliss-reactive ketones (excluding diaryl/α,β-unsaturated/α-hetero) is 1. The van der Waals surface area contributed by atoms with E-state index in [1.165, 1.54) is 11.8 Å². The van der Waals surface area contributed by atoms with Crippen LogP contribution in [0.5, 0.6) is 0 Å². The number of thioether (sulfide) groups is 1. The molecular weight excluding hydrogens is 432 g/mol. The molecule has 0 saturated heterocycles. The molecule has 0 saturated carbocycles. The van der Waals surface area contributed by atoms with Gasteiger partial charge in [0, 0.05) is 30.9 Å². The molecule has 0 unspecified atom stereocenters. The van der Waals surface area contributed by atoms with Crippen molar-refractivity contribution in [1.82, 2.24) is 0 Å². The van der Waals surface area contributed by atoms with Crippen molar-refractivity contribution in [2.45, 2.75) is 4.90 Å². The molecule has 5 aromatic rings. The predicted octanol–water partition coefficient (Wildman–Crippen LogP) is 5.52. The number of benzene rings is 4. The highest BCUT2D eigenvalue weighted by Gasteiger charge is 2.30. The summed E-state index contributed by atoms with van der Waals surface area (Å²) in [6.07, 6.45) is 0. The Morgan fingerprint density at radius 1 is 0.714 bits per heavy atom. The van der Waals surface area contributed by atoms with Crippen LogP contribution in [-0.4, -0.2) is 5.78 Å². The summed E-state index contributed by atoms with van der Waals surface area (Å²) in [6, 6.07) is 21.5. The van der Waals surface area contributed by atoms with Gasteiger partial charge in [-0.3, -0.25) is 9.59 Å². The van der Waals surface area contributed by atoms with Crippen LogP contribution in [0.3, 0.4) is 0 Å². The van der Waals surface area contributed by atoms with Crippen molar-refractivity contribution in [3.05, 3.63) is 92.2 Å². The van der Waals surface area contributed by atoms with E-state index in [4.69, 9.17) is 0 Å². The molecule has 1 aliphatic heterocycles. The van der Waals surface area contributed by atoms with Crippen molar-refractivity contribution in [2.75, 3.05) is 0 Å². The molecule has 5 aromatic carbocycles. The summed E-state index contributed by atoms with van der Waals surface area (Å²) in [7, 11) is 0. The fraction of sp³-hybridized carbons (Fsp3) is 0. The van der Waals surface area contributed by atoms with Gasteiger partial charge in [0.05, 0.1) is 4.91 Å². The summed E-state index contributed by atoms with van der Waals surface area (Å²) >= 11 is 5.01. The number of fused-ring (bicyclic) bond motifs is 3. The van der Waals surface area contributed by atoms with E-state index in [-0.39, 0.29) is 11.2 Å². The quantitative estimate of drug-likeness (QED) is 0.316. The van der Waals surface area contributed by atoms with E-state index < -0.39 is 0 Å². The molecule has 6 rings (SSSR count). The first-order valence-electron chi connectivity index (χ1n) is 8.90. The largest absolute Gasteiger partial charge is 0.289 e. The normalized spacial score (nSPS) is 15.8. The van der Waals surface area contributed by atoms with E-state index >= 15 is 0 Å². The monoisotopic (exact) mass is 442 g/mol. The van der Waals surface area contributed by atoms with E-state index in [2.05, 4.69) is 15.9 Å². The van der Waals surface area contributed by atoms with Gasteiger partial charge < -0.3 is 0 Å².